The van der Waals surface area contributed by atoms with Gasteiger partial charge in [0.15, 0.2) is 6.61 Å². The molecule has 0 unspecified atom stereocenters. The van der Waals surface area contributed by atoms with E-state index in [2.05, 4.69) is 5.32 Å². The standard InChI is InChI=1S/C16H24N2O2/c1-17-13-8-10-14(11-9-13)18(2)16(19)12-20-15-6-4-3-5-7-15/h3-7,13-14,17H,8-12H2,1-2H3. The van der Waals surface area contributed by atoms with Gasteiger partial charge in [0.1, 0.15) is 5.75 Å². The van der Waals surface area contributed by atoms with Crippen LogP contribution in [0.5, 0.6) is 5.75 Å². The Balaban J connectivity index is 1.77. The third-order valence-electron chi connectivity index (χ3n) is 4.15. The highest BCUT2D eigenvalue weighted by atomic mass is 16.5. The molecule has 1 N–H and O–H groups in total. The molecule has 1 aliphatic carbocycles. The molecule has 110 valence electrons. The molecule has 0 radical (unpaired) electrons. The van der Waals surface area contributed by atoms with Crippen molar-refractivity contribution < 1.29 is 9.53 Å². The van der Waals surface area contributed by atoms with Crippen molar-refractivity contribution in [3.05, 3.63) is 30.3 Å². The second kappa shape index (κ2) is 7.29. The highest BCUT2D eigenvalue weighted by molar-refractivity contribution is 5.77. The van der Waals surface area contributed by atoms with Crippen LogP contribution < -0.4 is 10.1 Å². The Labute approximate surface area is 121 Å². The van der Waals surface area contributed by atoms with Crippen molar-refractivity contribution in [3.8, 4) is 5.75 Å². The lowest BCUT2D eigenvalue weighted by atomic mass is 9.90. The van der Waals surface area contributed by atoms with E-state index in [1.807, 2.05) is 49.3 Å². The van der Waals surface area contributed by atoms with E-state index >= 15 is 0 Å². The van der Waals surface area contributed by atoms with Gasteiger partial charge in [0.25, 0.3) is 5.91 Å². The summed E-state index contributed by atoms with van der Waals surface area (Å²) in [6.07, 6.45) is 4.41. The van der Waals surface area contributed by atoms with Crippen LogP contribution in [0.25, 0.3) is 0 Å². The molecule has 1 amide bonds. The van der Waals surface area contributed by atoms with Gasteiger partial charge in [0.05, 0.1) is 0 Å². The Kier molecular flexibility index (Phi) is 5.41. The van der Waals surface area contributed by atoms with Gasteiger partial charge in [-0.25, -0.2) is 0 Å². The lowest BCUT2D eigenvalue weighted by Gasteiger charge is -2.34. The van der Waals surface area contributed by atoms with Crippen LogP contribution in [0.3, 0.4) is 0 Å². The summed E-state index contributed by atoms with van der Waals surface area (Å²) in [6, 6.07) is 10.4. The van der Waals surface area contributed by atoms with Crippen LogP contribution in [0.2, 0.25) is 0 Å². The van der Waals surface area contributed by atoms with Gasteiger partial charge in [0, 0.05) is 19.1 Å². The number of para-hydroxylation sites is 1. The first kappa shape index (κ1) is 14.9. The van der Waals surface area contributed by atoms with Crippen molar-refractivity contribution in [1.82, 2.24) is 10.2 Å². The maximum Gasteiger partial charge on any atom is 0.260 e. The zero-order valence-corrected chi connectivity index (χ0v) is 12.3. The molecule has 1 saturated carbocycles. The van der Waals surface area contributed by atoms with Crippen LogP contribution in [-0.2, 0) is 4.79 Å². The number of carbonyl (C=O) groups excluding carboxylic acids is 1. The summed E-state index contributed by atoms with van der Waals surface area (Å²) in [6.45, 7) is 0.118. The topological polar surface area (TPSA) is 41.6 Å². The monoisotopic (exact) mass is 276 g/mol. The summed E-state index contributed by atoms with van der Waals surface area (Å²) >= 11 is 0. The van der Waals surface area contributed by atoms with Crippen molar-refractivity contribution >= 4 is 5.91 Å². The van der Waals surface area contributed by atoms with E-state index in [4.69, 9.17) is 4.74 Å². The first-order chi connectivity index (χ1) is 9.70. The van der Waals surface area contributed by atoms with Crippen LogP contribution in [0.1, 0.15) is 25.7 Å². The molecule has 0 saturated heterocycles. The number of amides is 1. The zero-order chi connectivity index (χ0) is 14.4. The van der Waals surface area contributed by atoms with Crippen molar-refractivity contribution in [1.29, 1.82) is 0 Å². The quantitative estimate of drug-likeness (QED) is 0.895. The van der Waals surface area contributed by atoms with Gasteiger partial charge in [-0.05, 0) is 44.9 Å². The molecule has 0 aromatic heterocycles. The van der Waals surface area contributed by atoms with E-state index in [0.717, 1.165) is 31.4 Å². The molecule has 1 aromatic rings. The minimum Gasteiger partial charge on any atom is -0.484 e. The fraction of sp³-hybridized carbons (Fsp3) is 0.562. The molecule has 1 fully saturated rings. The van der Waals surface area contributed by atoms with E-state index in [1.165, 1.54) is 0 Å². The highest BCUT2D eigenvalue weighted by Crippen LogP contribution is 2.22. The number of likely N-dealkylation sites (N-methyl/N-ethyl adjacent to an activating group) is 1. The number of benzene rings is 1. The molecule has 0 spiro atoms. The molecule has 4 heteroatoms. The van der Waals surface area contributed by atoms with Crippen molar-refractivity contribution in [2.75, 3.05) is 20.7 Å². The van der Waals surface area contributed by atoms with Gasteiger partial charge >= 0.3 is 0 Å². The Morgan fingerprint density at radius 1 is 1.25 bits per heavy atom. The van der Waals surface area contributed by atoms with Crippen molar-refractivity contribution in [2.24, 2.45) is 0 Å². The van der Waals surface area contributed by atoms with E-state index in [9.17, 15) is 4.79 Å². The molecule has 1 aliphatic rings. The Morgan fingerprint density at radius 3 is 2.50 bits per heavy atom. The summed E-state index contributed by atoms with van der Waals surface area (Å²) < 4.78 is 5.52. The normalized spacial score (nSPS) is 22.3. The van der Waals surface area contributed by atoms with Crippen LogP contribution in [0.4, 0.5) is 0 Å². The minimum absolute atomic E-state index is 0.0572. The van der Waals surface area contributed by atoms with E-state index < -0.39 is 0 Å². The van der Waals surface area contributed by atoms with Gasteiger partial charge in [-0.3, -0.25) is 4.79 Å². The fourth-order valence-electron chi connectivity index (χ4n) is 2.72. The predicted molar refractivity (Wildman–Crippen MR) is 79.8 cm³/mol. The molecule has 0 atom stereocenters. The molecule has 4 nitrogen and oxygen atoms in total. The molecular formula is C16H24N2O2. The number of carbonyl (C=O) groups is 1. The van der Waals surface area contributed by atoms with Crippen LogP contribution >= 0.6 is 0 Å². The first-order valence-corrected chi connectivity index (χ1v) is 7.31. The molecule has 0 aliphatic heterocycles. The lowest BCUT2D eigenvalue weighted by molar-refractivity contribution is -0.134. The van der Waals surface area contributed by atoms with Gasteiger partial charge in [-0.2, -0.15) is 0 Å². The van der Waals surface area contributed by atoms with Gasteiger partial charge in [-0.15, -0.1) is 0 Å². The number of ether oxygens (including phenoxy) is 1. The molecule has 0 heterocycles. The number of hydrogen-bond donors (Lipinski definition) is 1. The maximum absolute atomic E-state index is 12.2. The van der Waals surface area contributed by atoms with Crippen LogP contribution in [0.15, 0.2) is 30.3 Å². The second-order valence-electron chi connectivity index (χ2n) is 5.40. The molecule has 2 rings (SSSR count). The van der Waals surface area contributed by atoms with E-state index in [1.54, 1.807) is 0 Å². The van der Waals surface area contributed by atoms with Gasteiger partial charge < -0.3 is 15.0 Å². The Hall–Kier alpha value is -1.55. The van der Waals surface area contributed by atoms with Crippen molar-refractivity contribution in [3.63, 3.8) is 0 Å². The third kappa shape index (κ3) is 3.97. The van der Waals surface area contributed by atoms with E-state index in [-0.39, 0.29) is 12.5 Å². The lowest BCUT2D eigenvalue weighted by Crippen LogP contribution is -2.44. The largest absolute Gasteiger partial charge is 0.484 e. The van der Waals surface area contributed by atoms with E-state index in [0.29, 0.717) is 12.1 Å². The molecule has 1 aromatic carbocycles. The Bertz CT molecular complexity index is 414. The maximum atomic E-state index is 12.2. The average Bonchev–Trinajstić information content (AvgIpc) is 2.53. The Morgan fingerprint density at radius 2 is 1.90 bits per heavy atom. The molecule has 0 bridgehead atoms. The average molecular weight is 276 g/mol. The third-order valence-corrected chi connectivity index (χ3v) is 4.15. The number of hydrogen-bond acceptors (Lipinski definition) is 3. The summed E-state index contributed by atoms with van der Waals surface area (Å²) in [5, 5.41) is 3.31. The fourth-order valence-corrected chi connectivity index (χ4v) is 2.72. The SMILES string of the molecule is CNC1CCC(N(C)C(=O)COc2ccccc2)CC1. The predicted octanol–water partition coefficient (Wildman–Crippen LogP) is 2.05. The van der Waals surface area contributed by atoms with Crippen LogP contribution in [0, 0.1) is 0 Å². The second-order valence-corrected chi connectivity index (χ2v) is 5.40. The number of nitrogens with zero attached hydrogens (tertiary/aromatic N) is 1. The summed E-state index contributed by atoms with van der Waals surface area (Å²) in [4.78, 5) is 14.0. The zero-order valence-electron chi connectivity index (χ0n) is 12.3. The van der Waals surface area contributed by atoms with Gasteiger partial charge in [0.2, 0.25) is 0 Å². The summed E-state index contributed by atoms with van der Waals surface area (Å²) in [5.41, 5.74) is 0. The van der Waals surface area contributed by atoms with Crippen molar-refractivity contribution in [2.45, 2.75) is 37.8 Å². The molecular weight excluding hydrogens is 252 g/mol. The van der Waals surface area contributed by atoms with Crippen LogP contribution in [-0.4, -0.2) is 43.6 Å². The van der Waals surface area contributed by atoms with Gasteiger partial charge in [-0.1, -0.05) is 18.2 Å². The minimum atomic E-state index is 0.0572. The number of nitrogens with one attached hydrogen (secondary N) is 1. The first-order valence-electron chi connectivity index (χ1n) is 7.31. The summed E-state index contributed by atoms with van der Waals surface area (Å²) in [7, 11) is 3.90. The smallest absolute Gasteiger partial charge is 0.260 e. The summed E-state index contributed by atoms with van der Waals surface area (Å²) in [5.74, 6) is 0.801. The number of rotatable bonds is 5. The highest BCUT2D eigenvalue weighted by Gasteiger charge is 2.25. The molecule has 20 heavy (non-hydrogen) atoms.